The van der Waals surface area contributed by atoms with Crippen molar-refractivity contribution in [1.82, 2.24) is 14.8 Å². The molecular formula is C29H30N4O4. The fourth-order valence-electron chi connectivity index (χ4n) is 4.37. The summed E-state index contributed by atoms with van der Waals surface area (Å²) < 4.78 is 6.31. The summed E-state index contributed by atoms with van der Waals surface area (Å²) in [5, 5.41) is 19.0. The molecule has 3 aromatic rings. The molecule has 0 unspecified atom stereocenters. The van der Waals surface area contributed by atoms with Gasteiger partial charge in [0, 0.05) is 36.8 Å². The number of nitriles is 1. The van der Waals surface area contributed by atoms with Crippen LogP contribution in [0, 0.1) is 17.2 Å². The van der Waals surface area contributed by atoms with Crippen LogP contribution < -0.4 is 4.74 Å². The molecule has 190 valence electrons. The average molecular weight is 499 g/mol. The van der Waals surface area contributed by atoms with Crippen LogP contribution in [-0.2, 0) is 0 Å². The molecule has 1 N–H and O–H groups in total. The summed E-state index contributed by atoms with van der Waals surface area (Å²) in [5.41, 5.74) is 2.93. The van der Waals surface area contributed by atoms with E-state index >= 15 is 0 Å². The van der Waals surface area contributed by atoms with E-state index in [4.69, 9.17) is 10.00 Å². The SMILES string of the molecule is C[C@H](CO)N1C[C@H](C)[C@H](CN(C)C(=O)c2ccccc2)Oc2ncc(-c3ccc(C#N)cc3)cc2C1=O. The van der Waals surface area contributed by atoms with Gasteiger partial charge in [0.1, 0.15) is 11.7 Å². The second-order valence-electron chi connectivity index (χ2n) is 9.44. The van der Waals surface area contributed by atoms with Crippen molar-refractivity contribution < 1.29 is 19.4 Å². The van der Waals surface area contributed by atoms with Crippen LogP contribution in [0.3, 0.4) is 0 Å². The highest BCUT2D eigenvalue weighted by Gasteiger charge is 2.35. The molecule has 0 fully saturated rings. The van der Waals surface area contributed by atoms with Crippen LogP contribution in [0.2, 0.25) is 0 Å². The number of fused-ring (bicyclic) bond motifs is 1. The number of likely N-dealkylation sites (N-methyl/N-ethyl adjacent to an activating group) is 1. The maximum Gasteiger partial charge on any atom is 0.259 e. The fourth-order valence-corrected chi connectivity index (χ4v) is 4.37. The van der Waals surface area contributed by atoms with Gasteiger partial charge in [-0.3, -0.25) is 9.59 Å². The van der Waals surface area contributed by atoms with Gasteiger partial charge in [-0.2, -0.15) is 5.26 Å². The second-order valence-corrected chi connectivity index (χ2v) is 9.44. The van der Waals surface area contributed by atoms with Gasteiger partial charge in [0.25, 0.3) is 11.8 Å². The molecule has 0 bridgehead atoms. The molecule has 4 rings (SSSR count). The summed E-state index contributed by atoms with van der Waals surface area (Å²) in [6.07, 6.45) is 1.20. The summed E-state index contributed by atoms with van der Waals surface area (Å²) in [6.45, 7) is 4.22. The molecule has 2 aromatic carbocycles. The molecule has 8 heteroatoms. The van der Waals surface area contributed by atoms with E-state index in [1.54, 1.807) is 72.4 Å². The lowest BCUT2D eigenvalue weighted by atomic mass is 9.98. The number of aliphatic hydroxyl groups is 1. The monoisotopic (exact) mass is 498 g/mol. The van der Waals surface area contributed by atoms with Gasteiger partial charge in [-0.25, -0.2) is 4.98 Å². The Labute approximate surface area is 216 Å². The molecule has 3 atom stereocenters. The highest BCUT2D eigenvalue weighted by molar-refractivity contribution is 5.98. The molecule has 0 saturated heterocycles. The minimum Gasteiger partial charge on any atom is -0.472 e. The molecule has 2 amide bonds. The van der Waals surface area contributed by atoms with Crippen molar-refractivity contribution >= 4 is 11.8 Å². The van der Waals surface area contributed by atoms with Crippen LogP contribution in [-0.4, -0.2) is 70.6 Å². The molecule has 0 saturated carbocycles. The molecular weight excluding hydrogens is 468 g/mol. The van der Waals surface area contributed by atoms with Gasteiger partial charge >= 0.3 is 0 Å². The second kappa shape index (κ2) is 11.2. The Balaban J connectivity index is 1.68. The number of carbonyl (C=O) groups excluding carboxylic acids is 2. The van der Waals surface area contributed by atoms with Gasteiger partial charge in [0.05, 0.1) is 30.8 Å². The normalized spacial score (nSPS) is 18.0. The molecule has 1 aromatic heterocycles. The van der Waals surface area contributed by atoms with E-state index in [9.17, 15) is 14.7 Å². The van der Waals surface area contributed by atoms with Crippen molar-refractivity contribution in [3.63, 3.8) is 0 Å². The first-order valence-electron chi connectivity index (χ1n) is 12.2. The maximum atomic E-state index is 13.6. The molecule has 1 aliphatic rings. The smallest absolute Gasteiger partial charge is 0.259 e. The van der Waals surface area contributed by atoms with Crippen LogP contribution in [0.5, 0.6) is 5.88 Å². The zero-order chi connectivity index (χ0) is 26.5. The summed E-state index contributed by atoms with van der Waals surface area (Å²) >= 11 is 0. The number of hydrogen-bond acceptors (Lipinski definition) is 6. The van der Waals surface area contributed by atoms with Crippen molar-refractivity contribution in [2.45, 2.75) is 26.0 Å². The van der Waals surface area contributed by atoms with E-state index in [2.05, 4.69) is 11.1 Å². The summed E-state index contributed by atoms with van der Waals surface area (Å²) in [6, 6.07) is 19.5. The van der Waals surface area contributed by atoms with Crippen molar-refractivity contribution in [3.05, 3.63) is 83.6 Å². The van der Waals surface area contributed by atoms with Crippen LogP contribution in [0.15, 0.2) is 66.9 Å². The first kappa shape index (κ1) is 25.9. The summed E-state index contributed by atoms with van der Waals surface area (Å²) in [5.74, 6) is -0.357. The van der Waals surface area contributed by atoms with Crippen molar-refractivity contribution in [1.29, 1.82) is 5.26 Å². The lowest BCUT2D eigenvalue weighted by molar-refractivity contribution is 0.0313. The number of amides is 2. The van der Waals surface area contributed by atoms with E-state index in [-0.39, 0.29) is 35.8 Å². The number of aromatic nitrogens is 1. The quantitative estimate of drug-likeness (QED) is 0.556. The van der Waals surface area contributed by atoms with Crippen molar-refractivity contribution in [2.24, 2.45) is 5.92 Å². The first-order chi connectivity index (χ1) is 17.8. The van der Waals surface area contributed by atoms with E-state index in [0.29, 0.717) is 29.8 Å². The number of hydrogen-bond donors (Lipinski definition) is 1. The number of pyridine rings is 1. The lowest BCUT2D eigenvalue weighted by Gasteiger charge is -2.37. The Hall–Kier alpha value is -4.22. The topological polar surface area (TPSA) is 107 Å². The number of carbonyl (C=O) groups is 2. The third-order valence-corrected chi connectivity index (χ3v) is 6.69. The minimum absolute atomic E-state index is 0.125. The molecule has 1 aliphatic heterocycles. The van der Waals surface area contributed by atoms with Gasteiger partial charge in [0.2, 0.25) is 5.88 Å². The predicted octanol–water partition coefficient (Wildman–Crippen LogP) is 3.61. The number of benzene rings is 2. The Morgan fingerprint density at radius 3 is 2.57 bits per heavy atom. The van der Waals surface area contributed by atoms with Crippen LogP contribution in [0.25, 0.3) is 11.1 Å². The Morgan fingerprint density at radius 2 is 1.92 bits per heavy atom. The maximum absolute atomic E-state index is 13.6. The summed E-state index contributed by atoms with van der Waals surface area (Å²) in [4.78, 5) is 34.4. The standard InChI is InChI=1S/C29H30N4O4/c1-19-16-33(20(2)18-34)29(36)25-13-24(22-11-9-21(14-30)10-12-22)15-31-27(25)37-26(19)17-32(3)28(35)23-7-5-4-6-8-23/h4-13,15,19-20,26,34H,16-18H2,1-3H3/t19-,20+,26-/m0/s1. The minimum atomic E-state index is -0.439. The largest absolute Gasteiger partial charge is 0.472 e. The first-order valence-corrected chi connectivity index (χ1v) is 12.2. The van der Waals surface area contributed by atoms with Crippen molar-refractivity contribution in [3.8, 4) is 23.1 Å². The molecule has 8 nitrogen and oxygen atoms in total. The number of ether oxygens (including phenoxy) is 1. The third kappa shape index (κ3) is 5.63. The van der Waals surface area contributed by atoms with Gasteiger partial charge in [0.15, 0.2) is 0 Å². The van der Waals surface area contributed by atoms with Gasteiger partial charge < -0.3 is 19.6 Å². The van der Waals surface area contributed by atoms with Crippen LogP contribution in [0.4, 0.5) is 0 Å². The zero-order valence-corrected chi connectivity index (χ0v) is 21.2. The van der Waals surface area contributed by atoms with Gasteiger partial charge in [-0.1, -0.05) is 37.3 Å². The Morgan fingerprint density at radius 1 is 1.22 bits per heavy atom. The molecule has 0 aliphatic carbocycles. The molecule has 0 radical (unpaired) electrons. The van der Waals surface area contributed by atoms with Crippen LogP contribution >= 0.6 is 0 Å². The third-order valence-electron chi connectivity index (χ3n) is 6.69. The molecule has 37 heavy (non-hydrogen) atoms. The number of aliphatic hydroxyl groups excluding tert-OH is 1. The molecule has 2 heterocycles. The summed E-state index contributed by atoms with van der Waals surface area (Å²) in [7, 11) is 1.73. The predicted molar refractivity (Wildman–Crippen MR) is 139 cm³/mol. The Kier molecular flexibility index (Phi) is 7.85. The highest BCUT2D eigenvalue weighted by Crippen LogP contribution is 2.30. The van der Waals surface area contributed by atoms with E-state index < -0.39 is 12.1 Å². The van der Waals surface area contributed by atoms with E-state index in [1.165, 1.54) is 0 Å². The van der Waals surface area contributed by atoms with E-state index in [1.807, 2.05) is 25.1 Å². The zero-order valence-electron chi connectivity index (χ0n) is 21.2. The van der Waals surface area contributed by atoms with Gasteiger partial charge in [-0.15, -0.1) is 0 Å². The van der Waals surface area contributed by atoms with Gasteiger partial charge in [-0.05, 0) is 42.8 Å². The number of nitrogens with zero attached hydrogens (tertiary/aromatic N) is 4. The fraction of sp³-hybridized carbons (Fsp3) is 0.310. The Bertz CT molecular complexity index is 1300. The molecule has 0 spiro atoms. The average Bonchev–Trinajstić information content (AvgIpc) is 2.94. The van der Waals surface area contributed by atoms with E-state index in [0.717, 1.165) is 5.56 Å². The van der Waals surface area contributed by atoms with Crippen molar-refractivity contribution in [2.75, 3.05) is 26.7 Å². The highest BCUT2D eigenvalue weighted by atomic mass is 16.5. The number of rotatable bonds is 6. The lowest BCUT2D eigenvalue weighted by Crippen LogP contribution is -2.50. The van der Waals surface area contributed by atoms with Crippen LogP contribution in [0.1, 0.15) is 40.1 Å².